The standard InChI is InChI=1S/C9H16N2O/c1-3-9(12,4-2)8-11-7-5-6-10-11/h5-7,12H,3-4,8H2,1-2H3. The van der Waals surface area contributed by atoms with Gasteiger partial charge >= 0.3 is 0 Å². The summed E-state index contributed by atoms with van der Waals surface area (Å²) in [4.78, 5) is 0. The van der Waals surface area contributed by atoms with Crippen molar-refractivity contribution in [3.8, 4) is 0 Å². The second-order valence-corrected chi connectivity index (χ2v) is 3.14. The molecule has 1 aromatic heterocycles. The fraction of sp³-hybridized carbons (Fsp3) is 0.667. The highest BCUT2D eigenvalue weighted by Crippen LogP contribution is 2.16. The molecule has 0 spiro atoms. The number of hydrogen-bond acceptors (Lipinski definition) is 2. The normalized spacial score (nSPS) is 11.9. The maximum absolute atomic E-state index is 9.94. The number of aromatic nitrogens is 2. The number of aliphatic hydroxyl groups is 1. The summed E-state index contributed by atoms with van der Waals surface area (Å²) in [6, 6.07) is 1.87. The number of rotatable bonds is 4. The average Bonchev–Trinajstić information content (AvgIpc) is 2.57. The molecule has 0 amide bonds. The van der Waals surface area contributed by atoms with E-state index >= 15 is 0 Å². The van der Waals surface area contributed by atoms with Crippen LogP contribution in [-0.2, 0) is 6.54 Å². The molecule has 1 heterocycles. The van der Waals surface area contributed by atoms with Crippen molar-refractivity contribution in [3.05, 3.63) is 18.5 Å². The van der Waals surface area contributed by atoms with E-state index in [0.29, 0.717) is 6.54 Å². The molecule has 0 atom stereocenters. The summed E-state index contributed by atoms with van der Waals surface area (Å²) < 4.78 is 1.77. The Labute approximate surface area is 73.0 Å². The Balaban J connectivity index is 2.60. The molecule has 0 fully saturated rings. The van der Waals surface area contributed by atoms with E-state index in [0.717, 1.165) is 12.8 Å². The Hall–Kier alpha value is -0.830. The molecule has 0 aromatic carbocycles. The van der Waals surface area contributed by atoms with Crippen molar-refractivity contribution in [1.29, 1.82) is 0 Å². The van der Waals surface area contributed by atoms with E-state index in [1.807, 2.05) is 26.1 Å². The molecule has 0 aliphatic carbocycles. The summed E-state index contributed by atoms with van der Waals surface area (Å²) in [7, 11) is 0. The van der Waals surface area contributed by atoms with Crippen molar-refractivity contribution < 1.29 is 5.11 Å². The second kappa shape index (κ2) is 3.72. The Morgan fingerprint density at radius 3 is 2.50 bits per heavy atom. The van der Waals surface area contributed by atoms with Crippen LogP contribution in [0.2, 0.25) is 0 Å². The quantitative estimate of drug-likeness (QED) is 0.738. The SMILES string of the molecule is CCC(O)(CC)Cn1cccn1. The number of hydrogen-bond donors (Lipinski definition) is 1. The molecule has 1 rings (SSSR count). The van der Waals surface area contributed by atoms with Crippen LogP contribution in [0.3, 0.4) is 0 Å². The molecular weight excluding hydrogens is 152 g/mol. The van der Waals surface area contributed by atoms with Crippen LogP contribution in [0.15, 0.2) is 18.5 Å². The highest BCUT2D eigenvalue weighted by Gasteiger charge is 2.22. The third-order valence-corrected chi connectivity index (χ3v) is 2.33. The predicted molar refractivity (Wildman–Crippen MR) is 47.8 cm³/mol. The molecule has 1 aromatic rings. The van der Waals surface area contributed by atoms with Gasteiger partial charge in [0.25, 0.3) is 0 Å². The topological polar surface area (TPSA) is 38.0 Å². The second-order valence-electron chi connectivity index (χ2n) is 3.14. The van der Waals surface area contributed by atoms with E-state index in [-0.39, 0.29) is 0 Å². The monoisotopic (exact) mass is 168 g/mol. The molecular formula is C9H16N2O. The lowest BCUT2D eigenvalue weighted by atomic mass is 9.98. The summed E-state index contributed by atoms with van der Waals surface area (Å²) in [5.74, 6) is 0. The Kier molecular flexibility index (Phi) is 2.87. The minimum atomic E-state index is -0.591. The molecule has 3 nitrogen and oxygen atoms in total. The van der Waals surface area contributed by atoms with E-state index < -0.39 is 5.60 Å². The van der Waals surface area contributed by atoms with Gasteiger partial charge in [-0.05, 0) is 18.9 Å². The maximum atomic E-state index is 9.94. The van der Waals surface area contributed by atoms with Gasteiger partial charge in [0, 0.05) is 12.4 Å². The van der Waals surface area contributed by atoms with Gasteiger partial charge in [-0.25, -0.2) is 0 Å². The Morgan fingerprint density at radius 2 is 2.08 bits per heavy atom. The fourth-order valence-corrected chi connectivity index (χ4v) is 1.17. The van der Waals surface area contributed by atoms with Gasteiger partial charge in [-0.2, -0.15) is 5.10 Å². The van der Waals surface area contributed by atoms with Gasteiger partial charge in [0.2, 0.25) is 0 Å². The van der Waals surface area contributed by atoms with E-state index in [4.69, 9.17) is 0 Å². The van der Waals surface area contributed by atoms with Crippen molar-refractivity contribution in [2.24, 2.45) is 0 Å². The first kappa shape index (κ1) is 9.26. The zero-order chi connectivity index (χ0) is 9.03. The molecule has 0 saturated carbocycles. The largest absolute Gasteiger partial charge is 0.388 e. The summed E-state index contributed by atoms with van der Waals surface area (Å²) >= 11 is 0. The Morgan fingerprint density at radius 1 is 1.42 bits per heavy atom. The van der Waals surface area contributed by atoms with Crippen LogP contribution < -0.4 is 0 Å². The lowest BCUT2D eigenvalue weighted by Crippen LogP contribution is -2.32. The van der Waals surface area contributed by atoms with Crippen LogP contribution in [0.25, 0.3) is 0 Å². The predicted octanol–water partition coefficient (Wildman–Crippen LogP) is 1.43. The third kappa shape index (κ3) is 2.08. The fourth-order valence-electron chi connectivity index (χ4n) is 1.17. The van der Waals surface area contributed by atoms with Crippen LogP contribution in [0.5, 0.6) is 0 Å². The van der Waals surface area contributed by atoms with E-state index in [9.17, 15) is 5.11 Å². The molecule has 3 heteroatoms. The zero-order valence-corrected chi connectivity index (χ0v) is 7.70. The van der Waals surface area contributed by atoms with Gasteiger partial charge in [0.05, 0.1) is 12.1 Å². The highest BCUT2D eigenvalue weighted by molar-refractivity contribution is 4.82. The van der Waals surface area contributed by atoms with E-state index in [1.165, 1.54) is 0 Å². The Bertz CT molecular complexity index is 214. The smallest absolute Gasteiger partial charge is 0.0837 e. The van der Waals surface area contributed by atoms with Crippen LogP contribution in [0.4, 0.5) is 0 Å². The van der Waals surface area contributed by atoms with Gasteiger partial charge in [-0.1, -0.05) is 13.8 Å². The minimum absolute atomic E-state index is 0.590. The van der Waals surface area contributed by atoms with Gasteiger partial charge in [-0.3, -0.25) is 4.68 Å². The van der Waals surface area contributed by atoms with E-state index in [2.05, 4.69) is 5.10 Å². The van der Waals surface area contributed by atoms with Crippen molar-refractivity contribution in [2.45, 2.75) is 38.8 Å². The molecule has 1 N–H and O–H groups in total. The zero-order valence-electron chi connectivity index (χ0n) is 7.70. The summed E-state index contributed by atoms with van der Waals surface area (Å²) in [5, 5.41) is 14.0. The number of nitrogens with zero attached hydrogens (tertiary/aromatic N) is 2. The third-order valence-electron chi connectivity index (χ3n) is 2.33. The molecule has 0 unspecified atom stereocenters. The molecule has 0 aliphatic heterocycles. The lowest BCUT2D eigenvalue weighted by Gasteiger charge is -2.24. The molecule has 68 valence electrons. The van der Waals surface area contributed by atoms with Crippen LogP contribution >= 0.6 is 0 Å². The van der Waals surface area contributed by atoms with Crippen LogP contribution in [0, 0.1) is 0 Å². The highest BCUT2D eigenvalue weighted by atomic mass is 16.3. The maximum Gasteiger partial charge on any atom is 0.0837 e. The summed E-state index contributed by atoms with van der Waals surface area (Å²) in [5.41, 5.74) is -0.591. The van der Waals surface area contributed by atoms with Crippen LogP contribution in [-0.4, -0.2) is 20.5 Å². The average molecular weight is 168 g/mol. The van der Waals surface area contributed by atoms with Gasteiger partial charge in [0.1, 0.15) is 0 Å². The van der Waals surface area contributed by atoms with E-state index in [1.54, 1.807) is 10.9 Å². The molecule has 0 radical (unpaired) electrons. The van der Waals surface area contributed by atoms with Gasteiger partial charge in [-0.15, -0.1) is 0 Å². The van der Waals surface area contributed by atoms with Crippen molar-refractivity contribution in [3.63, 3.8) is 0 Å². The van der Waals surface area contributed by atoms with Crippen molar-refractivity contribution in [1.82, 2.24) is 9.78 Å². The summed E-state index contributed by atoms with van der Waals surface area (Å²) in [6.07, 6.45) is 5.13. The molecule has 0 saturated heterocycles. The molecule has 12 heavy (non-hydrogen) atoms. The molecule has 0 bridgehead atoms. The summed E-state index contributed by atoms with van der Waals surface area (Å²) in [6.45, 7) is 4.58. The van der Waals surface area contributed by atoms with Gasteiger partial charge in [0.15, 0.2) is 0 Å². The van der Waals surface area contributed by atoms with Crippen LogP contribution in [0.1, 0.15) is 26.7 Å². The van der Waals surface area contributed by atoms with Crippen molar-refractivity contribution in [2.75, 3.05) is 0 Å². The first-order chi connectivity index (χ1) is 5.70. The lowest BCUT2D eigenvalue weighted by molar-refractivity contribution is 0.0119. The molecule has 0 aliphatic rings. The van der Waals surface area contributed by atoms with Crippen molar-refractivity contribution >= 4 is 0 Å². The van der Waals surface area contributed by atoms with Gasteiger partial charge < -0.3 is 5.11 Å². The first-order valence-electron chi connectivity index (χ1n) is 4.40. The minimum Gasteiger partial charge on any atom is -0.388 e. The first-order valence-corrected chi connectivity index (χ1v) is 4.40.